The Morgan fingerprint density at radius 1 is 1.37 bits per heavy atom. The number of hydrogen-bond acceptors (Lipinski definition) is 3. The molecule has 0 bridgehead atoms. The molecular weight excluding hydrogens is 238 g/mol. The molecule has 0 aromatic carbocycles. The molecule has 2 heterocycles. The van der Waals surface area contributed by atoms with Crippen molar-refractivity contribution in [1.29, 1.82) is 0 Å². The van der Waals surface area contributed by atoms with Gasteiger partial charge in [0.1, 0.15) is 5.69 Å². The Balaban J connectivity index is 1.79. The fourth-order valence-corrected chi connectivity index (χ4v) is 3.51. The third-order valence-corrected chi connectivity index (χ3v) is 4.54. The van der Waals surface area contributed by atoms with Crippen molar-refractivity contribution in [3.8, 4) is 0 Å². The standard InChI is InChI=1S/C15H21N3O/c1-16-12-6-8-17-13(10-12)15(19)18-9-7-11-4-2-3-5-14(11)18/h6,8,10-11,14H,2-5,7,9H2,1H3,(H,16,17). The van der Waals surface area contributed by atoms with Crippen LogP contribution in [-0.2, 0) is 0 Å². The third kappa shape index (κ3) is 2.31. The smallest absolute Gasteiger partial charge is 0.272 e. The van der Waals surface area contributed by atoms with Gasteiger partial charge in [0.15, 0.2) is 0 Å². The van der Waals surface area contributed by atoms with Crippen LogP contribution in [0.15, 0.2) is 18.3 Å². The number of anilines is 1. The van der Waals surface area contributed by atoms with E-state index in [2.05, 4.69) is 15.2 Å². The molecule has 1 aromatic rings. The van der Waals surface area contributed by atoms with E-state index in [0.29, 0.717) is 11.7 Å². The maximum Gasteiger partial charge on any atom is 0.272 e. The molecule has 0 spiro atoms. The van der Waals surface area contributed by atoms with Gasteiger partial charge >= 0.3 is 0 Å². The highest BCUT2D eigenvalue weighted by molar-refractivity contribution is 5.93. The molecule has 19 heavy (non-hydrogen) atoms. The lowest BCUT2D eigenvalue weighted by Gasteiger charge is -2.31. The lowest BCUT2D eigenvalue weighted by molar-refractivity contribution is 0.0684. The summed E-state index contributed by atoms with van der Waals surface area (Å²) in [6.07, 6.45) is 7.92. The lowest BCUT2D eigenvalue weighted by atomic mass is 9.85. The van der Waals surface area contributed by atoms with Gasteiger partial charge in [-0.15, -0.1) is 0 Å². The second kappa shape index (κ2) is 5.19. The SMILES string of the molecule is CNc1ccnc(C(=O)N2CCC3CCCCC32)c1. The number of aromatic nitrogens is 1. The summed E-state index contributed by atoms with van der Waals surface area (Å²) < 4.78 is 0. The van der Waals surface area contributed by atoms with E-state index in [4.69, 9.17) is 0 Å². The van der Waals surface area contributed by atoms with Crippen LogP contribution in [0.2, 0.25) is 0 Å². The van der Waals surface area contributed by atoms with Crippen LogP contribution in [0.5, 0.6) is 0 Å². The molecule has 1 saturated heterocycles. The van der Waals surface area contributed by atoms with Gasteiger partial charge in [-0.3, -0.25) is 9.78 Å². The Labute approximate surface area is 114 Å². The molecule has 2 atom stereocenters. The number of hydrogen-bond donors (Lipinski definition) is 1. The number of amides is 1. The number of nitrogens with one attached hydrogen (secondary N) is 1. The minimum Gasteiger partial charge on any atom is -0.388 e. The van der Waals surface area contributed by atoms with Gasteiger partial charge in [0.25, 0.3) is 5.91 Å². The van der Waals surface area contributed by atoms with Crippen molar-refractivity contribution < 1.29 is 4.79 Å². The summed E-state index contributed by atoms with van der Waals surface area (Å²) in [5.74, 6) is 0.830. The van der Waals surface area contributed by atoms with Crippen LogP contribution in [0.4, 0.5) is 5.69 Å². The molecular formula is C15H21N3O. The quantitative estimate of drug-likeness (QED) is 0.887. The van der Waals surface area contributed by atoms with Crippen molar-refractivity contribution in [2.75, 3.05) is 18.9 Å². The highest BCUT2D eigenvalue weighted by Crippen LogP contribution is 2.36. The van der Waals surface area contributed by atoms with Gasteiger partial charge in [-0.1, -0.05) is 12.8 Å². The molecule has 1 N–H and O–H groups in total. The third-order valence-electron chi connectivity index (χ3n) is 4.54. The van der Waals surface area contributed by atoms with Crippen molar-refractivity contribution in [3.05, 3.63) is 24.0 Å². The van der Waals surface area contributed by atoms with Crippen LogP contribution < -0.4 is 5.32 Å². The summed E-state index contributed by atoms with van der Waals surface area (Å²) in [5.41, 5.74) is 1.51. The number of rotatable bonds is 2. The van der Waals surface area contributed by atoms with Gasteiger partial charge in [-0.25, -0.2) is 0 Å². The minimum atomic E-state index is 0.103. The molecule has 3 rings (SSSR count). The molecule has 1 aliphatic heterocycles. The van der Waals surface area contributed by atoms with E-state index in [1.165, 1.54) is 32.1 Å². The van der Waals surface area contributed by atoms with Gasteiger partial charge in [-0.05, 0) is 37.3 Å². The van der Waals surface area contributed by atoms with Gasteiger partial charge in [-0.2, -0.15) is 0 Å². The molecule has 1 amide bonds. The molecule has 2 aliphatic rings. The van der Waals surface area contributed by atoms with Crippen LogP contribution >= 0.6 is 0 Å². The Bertz CT molecular complexity index is 474. The molecule has 4 nitrogen and oxygen atoms in total. The first-order valence-corrected chi connectivity index (χ1v) is 7.24. The van der Waals surface area contributed by atoms with E-state index in [1.807, 2.05) is 19.2 Å². The molecule has 1 aliphatic carbocycles. The fraction of sp³-hybridized carbons (Fsp3) is 0.600. The Hall–Kier alpha value is -1.58. The first-order chi connectivity index (χ1) is 9.29. The molecule has 1 saturated carbocycles. The number of likely N-dealkylation sites (tertiary alicyclic amines) is 1. The Kier molecular flexibility index (Phi) is 3.40. The first kappa shape index (κ1) is 12.5. The maximum absolute atomic E-state index is 12.6. The molecule has 2 unspecified atom stereocenters. The van der Waals surface area contributed by atoms with Crippen LogP contribution in [0.3, 0.4) is 0 Å². The number of fused-ring (bicyclic) bond motifs is 1. The van der Waals surface area contributed by atoms with Gasteiger partial charge in [0.05, 0.1) is 0 Å². The van der Waals surface area contributed by atoms with Crippen LogP contribution in [-0.4, -0.2) is 35.4 Å². The normalized spacial score (nSPS) is 26.1. The Morgan fingerprint density at radius 2 is 2.21 bits per heavy atom. The fourth-order valence-electron chi connectivity index (χ4n) is 3.51. The molecule has 1 aromatic heterocycles. The van der Waals surface area contributed by atoms with E-state index in [1.54, 1.807) is 6.20 Å². The van der Waals surface area contributed by atoms with E-state index in [9.17, 15) is 4.79 Å². The largest absolute Gasteiger partial charge is 0.388 e. The summed E-state index contributed by atoms with van der Waals surface area (Å²) in [6.45, 7) is 0.902. The summed E-state index contributed by atoms with van der Waals surface area (Å²) in [5, 5.41) is 3.06. The maximum atomic E-state index is 12.6. The van der Waals surface area contributed by atoms with E-state index < -0.39 is 0 Å². The zero-order valence-corrected chi connectivity index (χ0v) is 11.4. The monoisotopic (exact) mass is 259 g/mol. The second-order valence-electron chi connectivity index (χ2n) is 5.58. The van der Waals surface area contributed by atoms with Crippen LogP contribution in [0, 0.1) is 5.92 Å². The average molecular weight is 259 g/mol. The number of carbonyl (C=O) groups excluding carboxylic acids is 1. The highest BCUT2D eigenvalue weighted by atomic mass is 16.2. The van der Waals surface area contributed by atoms with E-state index >= 15 is 0 Å². The van der Waals surface area contributed by atoms with Crippen LogP contribution in [0.1, 0.15) is 42.6 Å². The predicted octanol–water partition coefficient (Wildman–Crippen LogP) is 2.53. The van der Waals surface area contributed by atoms with Crippen LogP contribution in [0.25, 0.3) is 0 Å². The lowest BCUT2D eigenvalue weighted by Crippen LogP contribution is -2.39. The summed E-state index contributed by atoms with van der Waals surface area (Å²) in [4.78, 5) is 18.9. The van der Waals surface area contributed by atoms with E-state index in [-0.39, 0.29) is 5.91 Å². The predicted molar refractivity (Wildman–Crippen MR) is 75.2 cm³/mol. The summed E-state index contributed by atoms with van der Waals surface area (Å²) >= 11 is 0. The summed E-state index contributed by atoms with van der Waals surface area (Å²) in [7, 11) is 1.86. The second-order valence-corrected chi connectivity index (χ2v) is 5.58. The average Bonchev–Trinajstić information content (AvgIpc) is 2.90. The van der Waals surface area contributed by atoms with Gasteiger partial charge < -0.3 is 10.2 Å². The number of pyridine rings is 1. The van der Waals surface area contributed by atoms with Gasteiger partial charge in [0.2, 0.25) is 0 Å². The topological polar surface area (TPSA) is 45.2 Å². The molecule has 102 valence electrons. The zero-order chi connectivity index (χ0) is 13.2. The van der Waals surface area contributed by atoms with Crippen molar-refractivity contribution in [2.45, 2.75) is 38.1 Å². The Morgan fingerprint density at radius 3 is 3.05 bits per heavy atom. The van der Waals surface area contributed by atoms with Crippen molar-refractivity contribution >= 4 is 11.6 Å². The zero-order valence-electron chi connectivity index (χ0n) is 11.4. The molecule has 2 fully saturated rings. The minimum absolute atomic E-state index is 0.103. The van der Waals surface area contributed by atoms with Crippen molar-refractivity contribution in [2.24, 2.45) is 5.92 Å². The highest BCUT2D eigenvalue weighted by Gasteiger charge is 2.38. The van der Waals surface area contributed by atoms with Crippen molar-refractivity contribution in [1.82, 2.24) is 9.88 Å². The number of nitrogens with zero attached hydrogens (tertiary/aromatic N) is 2. The van der Waals surface area contributed by atoms with Gasteiger partial charge in [0, 0.05) is 31.5 Å². The molecule has 4 heteroatoms. The summed E-state index contributed by atoms with van der Waals surface area (Å²) in [6, 6.07) is 4.18. The molecule has 0 radical (unpaired) electrons. The first-order valence-electron chi connectivity index (χ1n) is 7.24. The number of carbonyl (C=O) groups is 1. The van der Waals surface area contributed by atoms with E-state index in [0.717, 1.165) is 18.2 Å². The van der Waals surface area contributed by atoms with Crippen molar-refractivity contribution in [3.63, 3.8) is 0 Å².